The Morgan fingerprint density at radius 2 is 1.84 bits per heavy atom. The van der Waals surface area contributed by atoms with Crippen molar-refractivity contribution in [1.82, 2.24) is 20.2 Å². The number of hydrogen-bond donors (Lipinski definition) is 1. The minimum absolute atomic E-state index is 0.0496. The highest BCUT2D eigenvalue weighted by molar-refractivity contribution is 5.61. The zero-order valence-electron chi connectivity index (χ0n) is 10.7. The number of halogens is 3. The molecule has 0 aromatic carbocycles. The summed E-state index contributed by atoms with van der Waals surface area (Å²) in [6.07, 6.45) is -1.91. The van der Waals surface area contributed by atoms with E-state index in [1.807, 2.05) is 0 Å². The molecule has 0 saturated carbocycles. The van der Waals surface area contributed by atoms with E-state index < -0.39 is 17.2 Å². The molecule has 0 bridgehead atoms. The Morgan fingerprint density at radius 3 is 2.32 bits per heavy atom. The minimum atomic E-state index is -4.49. The molecule has 0 atom stereocenters. The molecule has 102 valence electrons. The molecule has 0 amide bonds. The molecule has 2 aromatic heterocycles. The Kier molecular flexibility index (Phi) is 3.07. The molecule has 0 saturated heterocycles. The number of nitrogens with one attached hydrogen (secondary N) is 1. The lowest BCUT2D eigenvalue weighted by Crippen LogP contribution is -2.19. The zero-order valence-corrected chi connectivity index (χ0v) is 10.7. The standard InChI is InChI=1S/C12H13F3N4/c1-11(2,3)10-8(12(13,14)15)9(18-19-10)7-4-5-16-6-17-7/h4-6H,1-3H3,(H,18,19). The summed E-state index contributed by atoms with van der Waals surface area (Å²) in [7, 11) is 0. The van der Waals surface area contributed by atoms with E-state index in [9.17, 15) is 13.2 Å². The van der Waals surface area contributed by atoms with Gasteiger partial charge in [0.25, 0.3) is 0 Å². The molecule has 0 radical (unpaired) electrons. The molecular weight excluding hydrogens is 257 g/mol. The van der Waals surface area contributed by atoms with Crippen molar-refractivity contribution >= 4 is 0 Å². The van der Waals surface area contributed by atoms with Gasteiger partial charge in [0, 0.05) is 11.6 Å². The number of rotatable bonds is 1. The fourth-order valence-electron chi connectivity index (χ4n) is 1.78. The smallest absolute Gasteiger partial charge is 0.281 e. The second-order valence-electron chi connectivity index (χ2n) is 5.16. The molecule has 19 heavy (non-hydrogen) atoms. The lowest BCUT2D eigenvalue weighted by atomic mass is 9.88. The van der Waals surface area contributed by atoms with E-state index >= 15 is 0 Å². The molecule has 1 N–H and O–H groups in total. The molecule has 0 aliphatic carbocycles. The maximum atomic E-state index is 13.3. The van der Waals surface area contributed by atoms with Gasteiger partial charge in [-0.1, -0.05) is 20.8 Å². The summed E-state index contributed by atoms with van der Waals surface area (Å²) in [6.45, 7) is 5.08. The van der Waals surface area contributed by atoms with E-state index in [2.05, 4.69) is 20.2 Å². The van der Waals surface area contributed by atoms with Gasteiger partial charge >= 0.3 is 6.18 Å². The second-order valence-corrected chi connectivity index (χ2v) is 5.16. The third-order valence-corrected chi connectivity index (χ3v) is 2.62. The quantitative estimate of drug-likeness (QED) is 0.865. The maximum Gasteiger partial charge on any atom is 0.420 e. The molecule has 4 nitrogen and oxygen atoms in total. The normalized spacial score (nSPS) is 12.7. The van der Waals surface area contributed by atoms with Gasteiger partial charge in [0.1, 0.15) is 17.6 Å². The molecular formula is C12H13F3N4. The van der Waals surface area contributed by atoms with Crippen LogP contribution in [-0.2, 0) is 11.6 Å². The number of H-pyrrole nitrogens is 1. The van der Waals surface area contributed by atoms with Crippen molar-refractivity contribution in [3.05, 3.63) is 29.8 Å². The molecule has 0 aliphatic heterocycles. The summed E-state index contributed by atoms with van der Waals surface area (Å²) in [5, 5.41) is 6.27. The Bertz CT molecular complexity index is 567. The lowest BCUT2D eigenvalue weighted by molar-refractivity contribution is -0.138. The van der Waals surface area contributed by atoms with Gasteiger partial charge < -0.3 is 0 Å². The highest BCUT2D eigenvalue weighted by Gasteiger charge is 2.42. The van der Waals surface area contributed by atoms with Crippen LogP contribution in [0.1, 0.15) is 32.0 Å². The molecule has 2 aromatic rings. The summed E-state index contributed by atoms with van der Waals surface area (Å²) in [4.78, 5) is 7.51. The first-order valence-corrected chi connectivity index (χ1v) is 5.63. The van der Waals surface area contributed by atoms with Gasteiger partial charge in [-0.25, -0.2) is 9.97 Å². The van der Waals surface area contributed by atoms with Gasteiger partial charge in [0.2, 0.25) is 0 Å². The molecule has 2 rings (SSSR count). The zero-order chi connectivity index (χ0) is 14.3. The van der Waals surface area contributed by atoms with Gasteiger partial charge in [-0.2, -0.15) is 18.3 Å². The summed E-state index contributed by atoms with van der Waals surface area (Å²) in [6, 6.07) is 1.40. The Morgan fingerprint density at radius 1 is 1.16 bits per heavy atom. The first kappa shape index (κ1) is 13.5. The summed E-state index contributed by atoms with van der Waals surface area (Å²) in [5.74, 6) is 0. The largest absolute Gasteiger partial charge is 0.420 e. The molecule has 0 aliphatic rings. The fraction of sp³-hybridized carbons (Fsp3) is 0.417. The van der Waals surface area contributed by atoms with Gasteiger partial charge in [0.15, 0.2) is 0 Å². The SMILES string of the molecule is CC(C)(C)c1[nH]nc(-c2ccncn2)c1C(F)(F)F. The van der Waals surface area contributed by atoms with Crippen LogP contribution in [0.25, 0.3) is 11.4 Å². The highest BCUT2D eigenvalue weighted by atomic mass is 19.4. The van der Waals surface area contributed by atoms with Crippen molar-refractivity contribution in [3.8, 4) is 11.4 Å². The Balaban J connectivity index is 2.68. The highest BCUT2D eigenvalue weighted by Crippen LogP contribution is 2.41. The minimum Gasteiger partial charge on any atom is -0.281 e. The van der Waals surface area contributed by atoms with Crippen LogP contribution >= 0.6 is 0 Å². The number of aromatic amines is 1. The van der Waals surface area contributed by atoms with Gasteiger partial charge in [0.05, 0.1) is 11.4 Å². The first-order valence-electron chi connectivity index (χ1n) is 5.63. The lowest BCUT2D eigenvalue weighted by Gasteiger charge is -2.20. The maximum absolute atomic E-state index is 13.3. The van der Waals surface area contributed by atoms with Crippen molar-refractivity contribution in [2.45, 2.75) is 32.4 Å². The average molecular weight is 270 g/mol. The Hall–Kier alpha value is -1.92. The molecule has 0 spiro atoms. The monoisotopic (exact) mass is 270 g/mol. The predicted octanol–water partition coefficient (Wildman–Crippen LogP) is 3.18. The molecule has 7 heteroatoms. The predicted molar refractivity (Wildman–Crippen MR) is 63.3 cm³/mol. The first-order chi connectivity index (χ1) is 8.71. The summed E-state index contributed by atoms with van der Waals surface area (Å²) >= 11 is 0. The van der Waals surface area contributed by atoms with Gasteiger partial charge in [-0.3, -0.25) is 5.10 Å². The number of nitrogens with zero attached hydrogens (tertiary/aromatic N) is 3. The van der Waals surface area contributed by atoms with Crippen molar-refractivity contribution in [2.75, 3.05) is 0 Å². The Labute approximate surface area is 108 Å². The molecule has 2 heterocycles. The van der Waals surface area contributed by atoms with Crippen LogP contribution in [0.2, 0.25) is 0 Å². The van der Waals surface area contributed by atoms with E-state index in [4.69, 9.17) is 0 Å². The van der Waals surface area contributed by atoms with Crippen LogP contribution in [0.5, 0.6) is 0 Å². The summed E-state index contributed by atoms with van der Waals surface area (Å²) in [5.41, 5.74) is -1.45. The molecule has 0 fully saturated rings. The number of alkyl halides is 3. The van der Waals surface area contributed by atoms with Crippen molar-refractivity contribution < 1.29 is 13.2 Å². The van der Waals surface area contributed by atoms with Gasteiger partial charge in [-0.15, -0.1) is 0 Å². The number of aromatic nitrogens is 4. The van der Waals surface area contributed by atoms with Crippen molar-refractivity contribution in [3.63, 3.8) is 0 Å². The second kappa shape index (κ2) is 4.32. The van der Waals surface area contributed by atoms with E-state index in [0.29, 0.717) is 0 Å². The van der Waals surface area contributed by atoms with Crippen LogP contribution < -0.4 is 0 Å². The van der Waals surface area contributed by atoms with E-state index in [-0.39, 0.29) is 17.1 Å². The van der Waals surface area contributed by atoms with Crippen molar-refractivity contribution in [1.29, 1.82) is 0 Å². The topological polar surface area (TPSA) is 54.5 Å². The van der Waals surface area contributed by atoms with Crippen LogP contribution in [0.3, 0.4) is 0 Å². The van der Waals surface area contributed by atoms with Crippen LogP contribution in [0, 0.1) is 0 Å². The third kappa shape index (κ3) is 2.59. The van der Waals surface area contributed by atoms with Crippen LogP contribution in [0.4, 0.5) is 13.2 Å². The van der Waals surface area contributed by atoms with Crippen LogP contribution in [0.15, 0.2) is 18.6 Å². The van der Waals surface area contributed by atoms with E-state index in [0.717, 1.165) is 0 Å². The van der Waals surface area contributed by atoms with E-state index in [1.54, 1.807) is 20.8 Å². The summed E-state index contributed by atoms with van der Waals surface area (Å²) < 4.78 is 39.8. The van der Waals surface area contributed by atoms with Crippen molar-refractivity contribution in [2.24, 2.45) is 0 Å². The van der Waals surface area contributed by atoms with E-state index in [1.165, 1.54) is 18.6 Å². The van der Waals surface area contributed by atoms with Crippen LogP contribution in [-0.4, -0.2) is 20.2 Å². The molecule has 0 unspecified atom stereocenters. The fourth-order valence-corrected chi connectivity index (χ4v) is 1.78. The van der Waals surface area contributed by atoms with Gasteiger partial charge in [-0.05, 0) is 6.07 Å². The third-order valence-electron chi connectivity index (χ3n) is 2.62. The number of hydrogen-bond acceptors (Lipinski definition) is 3. The average Bonchev–Trinajstić information content (AvgIpc) is 2.74.